The van der Waals surface area contributed by atoms with Gasteiger partial charge in [-0.1, -0.05) is 6.08 Å². The Balaban J connectivity index is 2.99. The summed E-state index contributed by atoms with van der Waals surface area (Å²) >= 11 is 0. The lowest BCUT2D eigenvalue weighted by Gasteiger charge is -1.95. The lowest BCUT2D eigenvalue weighted by atomic mass is 10.2. The van der Waals surface area contributed by atoms with Crippen molar-refractivity contribution in [2.24, 2.45) is 0 Å². The molecule has 0 unspecified atom stereocenters. The Bertz CT molecular complexity index is 336. The second-order valence-electron chi connectivity index (χ2n) is 2.33. The first-order valence-electron chi connectivity index (χ1n) is 3.66. The first-order valence-corrected chi connectivity index (χ1v) is 3.66. The Hall–Kier alpha value is -1.55. The van der Waals surface area contributed by atoms with Gasteiger partial charge in [0.1, 0.15) is 0 Å². The van der Waals surface area contributed by atoms with E-state index in [0.29, 0.717) is 12.0 Å². The predicted octanol–water partition coefficient (Wildman–Crippen LogP) is 1.04. The van der Waals surface area contributed by atoms with Crippen molar-refractivity contribution in [3.05, 3.63) is 35.4 Å². The molecule has 1 N–H and O–H groups in total. The topological polar surface area (TPSA) is 50.2 Å². The maximum Gasteiger partial charge on any atom is 0.153 e. The summed E-state index contributed by atoms with van der Waals surface area (Å²) in [6, 6.07) is 1.31. The van der Waals surface area contributed by atoms with E-state index in [-0.39, 0.29) is 12.2 Å². The first-order chi connectivity index (χ1) is 6.27. The van der Waals surface area contributed by atoms with Crippen LogP contribution in [0.15, 0.2) is 18.3 Å². The molecule has 3 nitrogen and oxygen atoms in total. The van der Waals surface area contributed by atoms with Gasteiger partial charge in [0.05, 0.1) is 24.1 Å². The smallest absolute Gasteiger partial charge is 0.153 e. The van der Waals surface area contributed by atoms with Gasteiger partial charge in [-0.15, -0.1) is 0 Å². The number of aldehydes is 1. The fourth-order valence-corrected chi connectivity index (χ4v) is 0.826. The molecule has 13 heavy (non-hydrogen) atoms. The van der Waals surface area contributed by atoms with E-state index < -0.39 is 5.82 Å². The average Bonchev–Trinajstić information content (AvgIpc) is 2.16. The number of aliphatic hydroxyl groups excluding tert-OH is 1. The van der Waals surface area contributed by atoms with Gasteiger partial charge >= 0.3 is 0 Å². The molecule has 1 aromatic heterocycles. The first kappa shape index (κ1) is 9.54. The molecule has 0 radical (unpaired) electrons. The number of rotatable bonds is 3. The zero-order chi connectivity index (χ0) is 9.68. The van der Waals surface area contributed by atoms with Gasteiger partial charge in [-0.25, -0.2) is 4.39 Å². The van der Waals surface area contributed by atoms with E-state index >= 15 is 0 Å². The predicted molar refractivity (Wildman–Crippen MR) is 45.7 cm³/mol. The summed E-state index contributed by atoms with van der Waals surface area (Å²) in [6.07, 6.45) is 4.36. The number of aromatic nitrogens is 1. The molecule has 1 rings (SSSR count). The minimum atomic E-state index is -0.642. The van der Waals surface area contributed by atoms with Crippen LogP contribution in [0, 0.1) is 5.82 Å². The number of hydrogen-bond acceptors (Lipinski definition) is 3. The lowest BCUT2D eigenvalue weighted by molar-refractivity contribution is 0.111. The third-order valence-electron chi connectivity index (χ3n) is 1.43. The maximum atomic E-state index is 12.7. The van der Waals surface area contributed by atoms with Crippen LogP contribution in [-0.4, -0.2) is 23.0 Å². The summed E-state index contributed by atoms with van der Waals surface area (Å²) in [7, 11) is 0. The van der Waals surface area contributed by atoms with E-state index in [2.05, 4.69) is 4.98 Å². The van der Waals surface area contributed by atoms with E-state index in [4.69, 9.17) is 5.11 Å². The van der Waals surface area contributed by atoms with Gasteiger partial charge in [0.2, 0.25) is 0 Å². The Labute approximate surface area is 74.5 Å². The van der Waals surface area contributed by atoms with E-state index in [1.54, 1.807) is 0 Å². The molecule has 0 aliphatic rings. The van der Waals surface area contributed by atoms with Crippen LogP contribution in [0.5, 0.6) is 0 Å². The van der Waals surface area contributed by atoms with Crippen LogP contribution in [0.3, 0.4) is 0 Å². The second kappa shape index (κ2) is 4.47. The molecular formula is C9H8FNO2. The van der Waals surface area contributed by atoms with Gasteiger partial charge < -0.3 is 5.11 Å². The van der Waals surface area contributed by atoms with Crippen molar-refractivity contribution in [1.29, 1.82) is 0 Å². The second-order valence-corrected chi connectivity index (χ2v) is 2.33. The average molecular weight is 181 g/mol. The number of pyridine rings is 1. The molecule has 1 heterocycles. The van der Waals surface area contributed by atoms with Crippen molar-refractivity contribution in [1.82, 2.24) is 4.98 Å². The highest BCUT2D eigenvalue weighted by atomic mass is 19.1. The Kier molecular flexibility index (Phi) is 3.28. The van der Waals surface area contributed by atoms with Gasteiger partial charge in [0.25, 0.3) is 0 Å². The van der Waals surface area contributed by atoms with Crippen LogP contribution in [0.25, 0.3) is 6.08 Å². The lowest BCUT2D eigenvalue weighted by Crippen LogP contribution is -1.91. The highest BCUT2D eigenvalue weighted by Crippen LogP contribution is 2.06. The minimum absolute atomic E-state index is 0.0346. The van der Waals surface area contributed by atoms with Crippen molar-refractivity contribution in [2.45, 2.75) is 0 Å². The monoisotopic (exact) mass is 181 g/mol. The molecule has 0 amide bonds. The van der Waals surface area contributed by atoms with Gasteiger partial charge in [-0.05, 0) is 12.1 Å². The van der Waals surface area contributed by atoms with Gasteiger partial charge in [0.15, 0.2) is 12.1 Å². The van der Waals surface area contributed by atoms with Gasteiger partial charge in [0, 0.05) is 0 Å². The number of aliphatic hydroxyl groups is 1. The van der Waals surface area contributed by atoms with Gasteiger partial charge in [-0.2, -0.15) is 0 Å². The van der Waals surface area contributed by atoms with Crippen molar-refractivity contribution in [3.8, 4) is 0 Å². The number of hydrogen-bond donors (Lipinski definition) is 1. The molecule has 68 valence electrons. The van der Waals surface area contributed by atoms with E-state index in [1.807, 2.05) is 0 Å². The molecule has 0 atom stereocenters. The summed E-state index contributed by atoms with van der Waals surface area (Å²) in [5.41, 5.74) is 0.408. The molecule has 0 saturated heterocycles. The third kappa shape index (κ3) is 2.45. The maximum absolute atomic E-state index is 12.7. The molecule has 0 fully saturated rings. The molecule has 1 aromatic rings. The zero-order valence-electron chi connectivity index (χ0n) is 6.77. The summed E-state index contributed by atoms with van der Waals surface area (Å²) in [5, 5.41) is 8.45. The molecule has 0 bridgehead atoms. The largest absolute Gasteiger partial charge is 0.392 e. The van der Waals surface area contributed by atoms with Crippen molar-refractivity contribution >= 4 is 12.4 Å². The van der Waals surface area contributed by atoms with E-state index in [1.165, 1.54) is 18.2 Å². The van der Waals surface area contributed by atoms with Crippen molar-refractivity contribution < 1.29 is 14.3 Å². The molecule has 0 aromatic carbocycles. The highest BCUT2D eigenvalue weighted by Gasteiger charge is 2.00. The summed E-state index contributed by atoms with van der Waals surface area (Å²) < 4.78 is 12.7. The van der Waals surface area contributed by atoms with Crippen LogP contribution in [0.4, 0.5) is 4.39 Å². The molecular weight excluding hydrogens is 173 g/mol. The molecule has 0 aliphatic carbocycles. The van der Waals surface area contributed by atoms with Crippen LogP contribution in [-0.2, 0) is 0 Å². The van der Waals surface area contributed by atoms with E-state index in [0.717, 1.165) is 6.20 Å². The molecule has 0 saturated carbocycles. The van der Waals surface area contributed by atoms with Crippen LogP contribution < -0.4 is 0 Å². The van der Waals surface area contributed by atoms with Crippen LogP contribution in [0.2, 0.25) is 0 Å². The zero-order valence-corrected chi connectivity index (χ0v) is 6.77. The molecule has 4 heteroatoms. The quantitative estimate of drug-likeness (QED) is 0.709. The van der Waals surface area contributed by atoms with Crippen LogP contribution in [0.1, 0.15) is 16.1 Å². The number of nitrogens with zero attached hydrogens (tertiary/aromatic N) is 1. The summed E-state index contributed by atoms with van der Waals surface area (Å²) in [5.74, 6) is -0.642. The standard InChI is InChI=1S/C9H8FNO2/c10-9-5-11-8(2-1-3-12)4-7(9)6-13/h1-2,4-6,12H,3H2. The van der Waals surface area contributed by atoms with Crippen molar-refractivity contribution in [2.75, 3.05) is 6.61 Å². The molecule has 0 spiro atoms. The Morgan fingerprint density at radius 1 is 1.62 bits per heavy atom. The summed E-state index contributed by atoms with van der Waals surface area (Å²) in [4.78, 5) is 14.0. The number of halogens is 1. The van der Waals surface area contributed by atoms with Crippen LogP contribution >= 0.6 is 0 Å². The fraction of sp³-hybridized carbons (Fsp3) is 0.111. The normalized spacial score (nSPS) is 10.6. The SMILES string of the molecule is O=Cc1cc(C=CCO)ncc1F. The Morgan fingerprint density at radius 3 is 3.00 bits per heavy atom. The summed E-state index contributed by atoms with van der Waals surface area (Å²) in [6.45, 7) is -0.116. The minimum Gasteiger partial charge on any atom is -0.392 e. The third-order valence-corrected chi connectivity index (χ3v) is 1.43. The van der Waals surface area contributed by atoms with E-state index in [9.17, 15) is 9.18 Å². The number of carbonyl (C=O) groups is 1. The molecule has 0 aliphatic heterocycles. The van der Waals surface area contributed by atoms with Crippen molar-refractivity contribution in [3.63, 3.8) is 0 Å². The fourth-order valence-electron chi connectivity index (χ4n) is 0.826. The highest BCUT2D eigenvalue weighted by molar-refractivity contribution is 5.76. The number of carbonyl (C=O) groups excluding carboxylic acids is 1. The van der Waals surface area contributed by atoms with Gasteiger partial charge in [-0.3, -0.25) is 9.78 Å². The Morgan fingerprint density at radius 2 is 2.38 bits per heavy atom.